The first kappa shape index (κ1) is 10.3. The summed E-state index contributed by atoms with van der Waals surface area (Å²) in [6, 6.07) is 0. The Balaban J connectivity index is 2.54. The highest BCUT2D eigenvalue weighted by Gasteiger charge is 2.13. The average Bonchev–Trinajstić information content (AvgIpc) is 2.49. The Hall–Kier alpha value is -0.740. The number of hydrogen-bond donors (Lipinski definition) is 1. The molecule has 13 heavy (non-hydrogen) atoms. The minimum atomic E-state index is -0.0517. The van der Waals surface area contributed by atoms with E-state index in [4.69, 9.17) is 5.73 Å². The van der Waals surface area contributed by atoms with E-state index in [-0.39, 0.29) is 11.7 Å². The zero-order valence-corrected chi connectivity index (χ0v) is 8.73. The van der Waals surface area contributed by atoms with Crippen molar-refractivity contribution < 1.29 is 4.79 Å². The number of ketones is 1. The predicted molar refractivity (Wildman–Crippen MR) is 53.8 cm³/mol. The molecule has 0 amide bonds. The summed E-state index contributed by atoms with van der Waals surface area (Å²) in [5.74, 6) is 0.126. The van der Waals surface area contributed by atoms with E-state index < -0.39 is 0 Å². The first-order valence-electron chi connectivity index (χ1n) is 4.27. The zero-order chi connectivity index (χ0) is 9.84. The highest BCUT2D eigenvalue weighted by atomic mass is 32.1. The predicted octanol–water partition coefficient (Wildman–Crippen LogP) is 1.16. The molecule has 1 rings (SSSR count). The number of rotatable bonds is 4. The number of thiazole rings is 1. The van der Waals surface area contributed by atoms with Gasteiger partial charge in [0.1, 0.15) is 10.8 Å². The van der Waals surface area contributed by atoms with E-state index in [0.29, 0.717) is 13.0 Å². The van der Waals surface area contributed by atoms with Crippen LogP contribution in [0.1, 0.15) is 17.6 Å². The number of aryl methyl sites for hydroxylation is 1. The molecule has 0 aromatic carbocycles. The SMILES string of the molecule is Cc1csc(CC(=O)C(C)CN)n1. The molecular formula is C9H14N2OS. The highest BCUT2D eigenvalue weighted by Crippen LogP contribution is 2.11. The van der Waals surface area contributed by atoms with E-state index >= 15 is 0 Å². The number of nitrogens with zero attached hydrogens (tertiary/aromatic N) is 1. The highest BCUT2D eigenvalue weighted by molar-refractivity contribution is 7.09. The van der Waals surface area contributed by atoms with Gasteiger partial charge in [0.15, 0.2) is 0 Å². The van der Waals surface area contributed by atoms with E-state index in [1.165, 1.54) is 11.3 Å². The van der Waals surface area contributed by atoms with Crippen molar-refractivity contribution in [2.45, 2.75) is 20.3 Å². The number of aromatic nitrogens is 1. The van der Waals surface area contributed by atoms with Crippen molar-refractivity contribution in [3.8, 4) is 0 Å². The first-order chi connectivity index (χ1) is 6.13. The molecule has 0 saturated heterocycles. The molecule has 0 aliphatic carbocycles. The van der Waals surface area contributed by atoms with Crippen molar-refractivity contribution in [2.75, 3.05) is 6.54 Å². The molecular weight excluding hydrogens is 184 g/mol. The van der Waals surface area contributed by atoms with E-state index in [2.05, 4.69) is 4.98 Å². The minimum absolute atomic E-state index is 0.0517. The van der Waals surface area contributed by atoms with Gasteiger partial charge in [-0.05, 0) is 6.92 Å². The summed E-state index contributed by atoms with van der Waals surface area (Å²) < 4.78 is 0. The molecule has 1 heterocycles. The number of Topliss-reactive ketones (excluding diaryl/α,β-unsaturated/α-hetero) is 1. The van der Waals surface area contributed by atoms with Gasteiger partial charge >= 0.3 is 0 Å². The van der Waals surface area contributed by atoms with Gasteiger partial charge in [-0.25, -0.2) is 4.98 Å². The van der Waals surface area contributed by atoms with Gasteiger partial charge in [-0.3, -0.25) is 4.79 Å². The first-order valence-corrected chi connectivity index (χ1v) is 5.15. The van der Waals surface area contributed by atoms with E-state index in [9.17, 15) is 4.79 Å². The monoisotopic (exact) mass is 198 g/mol. The fourth-order valence-electron chi connectivity index (χ4n) is 0.939. The third-order valence-corrected chi connectivity index (χ3v) is 2.86. The normalized spacial score (nSPS) is 12.8. The molecule has 3 nitrogen and oxygen atoms in total. The van der Waals surface area contributed by atoms with Gasteiger partial charge in [0.05, 0.1) is 6.42 Å². The van der Waals surface area contributed by atoms with Gasteiger partial charge < -0.3 is 5.73 Å². The molecule has 0 aliphatic heterocycles. The molecule has 1 aromatic rings. The molecule has 0 saturated carbocycles. The lowest BCUT2D eigenvalue weighted by atomic mass is 10.1. The van der Waals surface area contributed by atoms with Crippen molar-refractivity contribution in [3.63, 3.8) is 0 Å². The van der Waals surface area contributed by atoms with Crippen LogP contribution < -0.4 is 5.73 Å². The molecule has 2 N–H and O–H groups in total. The standard InChI is InChI=1S/C9H14N2OS/c1-6(4-10)8(12)3-9-11-7(2)5-13-9/h5-6H,3-4,10H2,1-2H3. The molecule has 0 bridgehead atoms. The van der Waals surface area contributed by atoms with Crippen LogP contribution in [0.25, 0.3) is 0 Å². The van der Waals surface area contributed by atoms with Crippen LogP contribution in [0.15, 0.2) is 5.38 Å². The smallest absolute Gasteiger partial charge is 0.143 e. The van der Waals surface area contributed by atoms with Gasteiger partial charge in [0.25, 0.3) is 0 Å². The Bertz CT molecular complexity index is 296. The molecule has 0 aliphatic rings. The van der Waals surface area contributed by atoms with Crippen LogP contribution in [0, 0.1) is 12.8 Å². The van der Waals surface area contributed by atoms with Crippen molar-refractivity contribution >= 4 is 17.1 Å². The summed E-state index contributed by atoms with van der Waals surface area (Å²) >= 11 is 1.53. The summed E-state index contributed by atoms with van der Waals surface area (Å²) in [6.07, 6.45) is 0.427. The van der Waals surface area contributed by atoms with Gasteiger partial charge in [0, 0.05) is 23.5 Å². The summed E-state index contributed by atoms with van der Waals surface area (Å²) in [6.45, 7) is 4.20. The zero-order valence-electron chi connectivity index (χ0n) is 7.91. The molecule has 0 radical (unpaired) electrons. The summed E-state index contributed by atoms with van der Waals surface area (Å²) in [5, 5.41) is 2.85. The molecule has 1 unspecified atom stereocenters. The fraction of sp³-hybridized carbons (Fsp3) is 0.556. The number of carbonyl (C=O) groups excluding carboxylic acids is 1. The maximum Gasteiger partial charge on any atom is 0.143 e. The molecule has 1 aromatic heterocycles. The third-order valence-electron chi connectivity index (χ3n) is 1.90. The van der Waals surface area contributed by atoms with Crippen molar-refractivity contribution in [1.29, 1.82) is 0 Å². The average molecular weight is 198 g/mol. The Morgan fingerprint density at radius 1 is 1.77 bits per heavy atom. The van der Waals surface area contributed by atoms with Crippen LogP contribution in [-0.2, 0) is 11.2 Å². The maximum absolute atomic E-state index is 11.4. The van der Waals surface area contributed by atoms with Crippen LogP contribution in [0.2, 0.25) is 0 Å². The van der Waals surface area contributed by atoms with Gasteiger partial charge in [-0.1, -0.05) is 6.92 Å². The lowest BCUT2D eigenvalue weighted by Crippen LogP contribution is -2.22. The molecule has 1 atom stereocenters. The quantitative estimate of drug-likeness (QED) is 0.789. The second-order valence-electron chi connectivity index (χ2n) is 3.16. The summed E-state index contributed by atoms with van der Waals surface area (Å²) in [5.41, 5.74) is 6.37. The minimum Gasteiger partial charge on any atom is -0.330 e. The number of hydrogen-bond acceptors (Lipinski definition) is 4. The topological polar surface area (TPSA) is 56.0 Å². The Morgan fingerprint density at radius 3 is 2.92 bits per heavy atom. The van der Waals surface area contributed by atoms with Crippen LogP contribution in [0.5, 0.6) is 0 Å². The lowest BCUT2D eigenvalue weighted by Gasteiger charge is -2.04. The Morgan fingerprint density at radius 2 is 2.46 bits per heavy atom. The number of carbonyl (C=O) groups is 1. The van der Waals surface area contributed by atoms with Gasteiger partial charge in [-0.15, -0.1) is 11.3 Å². The van der Waals surface area contributed by atoms with E-state index in [1.807, 2.05) is 19.2 Å². The van der Waals surface area contributed by atoms with Crippen molar-refractivity contribution in [1.82, 2.24) is 4.98 Å². The second-order valence-corrected chi connectivity index (χ2v) is 4.11. The van der Waals surface area contributed by atoms with Crippen LogP contribution in [-0.4, -0.2) is 17.3 Å². The lowest BCUT2D eigenvalue weighted by molar-refractivity contribution is -0.121. The third kappa shape index (κ3) is 2.90. The largest absolute Gasteiger partial charge is 0.330 e. The van der Waals surface area contributed by atoms with Gasteiger partial charge in [0.2, 0.25) is 0 Å². The molecule has 0 spiro atoms. The van der Waals surface area contributed by atoms with E-state index in [0.717, 1.165) is 10.7 Å². The fourth-order valence-corrected chi connectivity index (χ4v) is 1.72. The number of nitrogens with two attached hydrogens (primary N) is 1. The molecule has 0 fully saturated rings. The van der Waals surface area contributed by atoms with Crippen LogP contribution in [0.4, 0.5) is 0 Å². The summed E-state index contributed by atoms with van der Waals surface area (Å²) in [4.78, 5) is 15.7. The molecule has 4 heteroatoms. The second kappa shape index (κ2) is 4.48. The maximum atomic E-state index is 11.4. The Kier molecular flexibility index (Phi) is 3.57. The molecule has 72 valence electrons. The van der Waals surface area contributed by atoms with Crippen LogP contribution in [0.3, 0.4) is 0 Å². The van der Waals surface area contributed by atoms with Crippen molar-refractivity contribution in [2.24, 2.45) is 11.7 Å². The van der Waals surface area contributed by atoms with Gasteiger partial charge in [-0.2, -0.15) is 0 Å². The van der Waals surface area contributed by atoms with E-state index in [1.54, 1.807) is 0 Å². The Labute approximate surface area is 82.0 Å². The van der Waals surface area contributed by atoms with Crippen LogP contribution >= 0.6 is 11.3 Å². The van der Waals surface area contributed by atoms with Crippen molar-refractivity contribution in [3.05, 3.63) is 16.1 Å². The summed E-state index contributed by atoms with van der Waals surface area (Å²) in [7, 11) is 0.